The van der Waals surface area contributed by atoms with E-state index in [4.69, 9.17) is 9.73 Å². The molecule has 2 N–H and O–H groups in total. The molecule has 1 aliphatic carbocycles. The van der Waals surface area contributed by atoms with Crippen LogP contribution in [-0.2, 0) is 4.74 Å². The molecule has 19 heavy (non-hydrogen) atoms. The van der Waals surface area contributed by atoms with Crippen molar-refractivity contribution < 1.29 is 4.74 Å². The summed E-state index contributed by atoms with van der Waals surface area (Å²) in [5, 5.41) is 6.81. The summed E-state index contributed by atoms with van der Waals surface area (Å²) in [5.41, 5.74) is 0.429. The lowest BCUT2D eigenvalue weighted by Crippen LogP contribution is -2.40. The first-order valence-electron chi connectivity index (χ1n) is 7.82. The normalized spacial score (nSPS) is 26.6. The van der Waals surface area contributed by atoms with E-state index in [1.165, 1.54) is 32.1 Å². The summed E-state index contributed by atoms with van der Waals surface area (Å²) in [6.45, 7) is 9.14. The van der Waals surface area contributed by atoms with Gasteiger partial charge in [0.15, 0.2) is 5.96 Å². The Kier molecular flexibility index (Phi) is 5.49. The summed E-state index contributed by atoms with van der Waals surface area (Å²) in [6.07, 6.45) is 6.56. The summed E-state index contributed by atoms with van der Waals surface area (Å²) in [7, 11) is 0. The minimum atomic E-state index is 0.429. The minimum absolute atomic E-state index is 0.429. The second-order valence-electron chi connectivity index (χ2n) is 6.32. The Morgan fingerprint density at radius 2 is 2.11 bits per heavy atom. The van der Waals surface area contributed by atoms with Crippen molar-refractivity contribution in [3.8, 4) is 0 Å². The molecule has 1 unspecified atom stereocenters. The highest BCUT2D eigenvalue weighted by atomic mass is 16.5. The van der Waals surface area contributed by atoms with E-state index in [1.807, 2.05) is 0 Å². The molecule has 4 nitrogen and oxygen atoms in total. The molecule has 0 radical (unpaired) electrons. The van der Waals surface area contributed by atoms with Crippen LogP contribution in [0.4, 0.5) is 0 Å². The van der Waals surface area contributed by atoms with Gasteiger partial charge in [-0.05, 0) is 31.6 Å². The van der Waals surface area contributed by atoms with Crippen molar-refractivity contribution in [2.75, 3.05) is 32.8 Å². The number of rotatable bonds is 5. The zero-order chi connectivity index (χ0) is 13.6. The molecule has 0 amide bonds. The number of aliphatic imine (C=N–C) groups is 1. The molecule has 1 atom stereocenters. The van der Waals surface area contributed by atoms with Crippen LogP contribution in [0.1, 0.15) is 46.0 Å². The summed E-state index contributed by atoms with van der Waals surface area (Å²) < 4.78 is 5.41. The number of nitrogens with one attached hydrogen (secondary N) is 2. The van der Waals surface area contributed by atoms with Crippen molar-refractivity contribution in [3.63, 3.8) is 0 Å². The highest BCUT2D eigenvalue weighted by Gasteiger charge is 2.28. The lowest BCUT2D eigenvalue weighted by Gasteiger charge is -2.22. The molecule has 1 saturated heterocycles. The van der Waals surface area contributed by atoms with Gasteiger partial charge in [-0.15, -0.1) is 0 Å². The first-order valence-corrected chi connectivity index (χ1v) is 7.82. The maximum atomic E-state index is 5.41. The highest BCUT2D eigenvalue weighted by Crippen LogP contribution is 2.37. The third-order valence-electron chi connectivity index (χ3n) is 4.36. The minimum Gasteiger partial charge on any atom is -0.381 e. The van der Waals surface area contributed by atoms with Gasteiger partial charge in [0, 0.05) is 32.2 Å². The highest BCUT2D eigenvalue weighted by molar-refractivity contribution is 5.79. The average molecular weight is 267 g/mol. The topological polar surface area (TPSA) is 45.7 Å². The Bertz CT molecular complexity index is 292. The van der Waals surface area contributed by atoms with Crippen molar-refractivity contribution in [2.24, 2.45) is 16.3 Å². The van der Waals surface area contributed by atoms with Crippen molar-refractivity contribution in [2.45, 2.75) is 46.0 Å². The van der Waals surface area contributed by atoms with E-state index < -0.39 is 0 Å². The van der Waals surface area contributed by atoms with Gasteiger partial charge in [-0.25, -0.2) is 0 Å². The maximum Gasteiger partial charge on any atom is 0.191 e. The van der Waals surface area contributed by atoms with Crippen LogP contribution in [0.5, 0.6) is 0 Å². The second-order valence-corrected chi connectivity index (χ2v) is 6.32. The third-order valence-corrected chi connectivity index (χ3v) is 4.36. The Hall–Kier alpha value is -0.770. The van der Waals surface area contributed by atoms with Crippen LogP contribution in [0.15, 0.2) is 4.99 Å². The van der Waals surface area contributed by atoms with E-state index in [-0.39, 0.29) is 0 Å². The number of hydrogen-bond acceptors (Lipinski definition) is 2. The van der Waals surface area contributed by atoms with Gasteiger partial charge in [-0.1, -0.05) is 19.8 Å². The van der Waals surface area contributed by atoms with Gasteiger partial charge in [0.2, 0.25) is 0 Å². The SMILES string of the molecule is CCNC(=NCC1(C)CCCC1)NCC1CCOC1. The van der Waals surface area contributed by atoms with E-state index in [0.717, 1.165) is 38.8 Å². The van der Waals surface area contributed by atoms with Gasteiger partial charge in [0.1, 0.15) is 0 Å². The number of ether oxygens (including phenoxy) is 1. The zero-order valence-electron chi connectivity index (χ0n) is 12.5. The Balaban J connectivity index is 1.79. The monoisotopic (exact) mass is 267 g/mol. The maximum absolute atomic E-state index is 5.41. The van der Waals surface area contributed by atoms with Gasteiger partial charge < -0.3 is 15.4 Å². The van der Waals surface area contributed by atoms with E-state index in [1.54, 1.807) is 0 Å². The first-order chi connectivity index (χ1) is 9.22. The summed E-state index contributed by atoms with van der Waals surface area (Å²) in [4.78, 5) is 4.78. The number of nitrogens with zero attached hydrogens (tertiary/aromatic N) is 1. The molecule has 110 valence electrons. The second kappa shape index (κ2) is 7.13. The van der Waals surface area contributed by atoms with Crippen LogP contribution in [0.2, 0.25) is 0 Å². The molecule has 4 heteroatoms. The fraction of sp³-hybridized carbons (Fsp3) is 0.933. The molecule has 0 bridgehead atoms. The molecule has 0 aromatic rings. The third kappa shape index (κ3) is 4.68. The molecular formula is C15H29N3O. The molecule has 2 rings (SSSR count). The number of hydrogen-bond donors (Lipinski definition) is 2. The molecule has 2 fully saturated rings. The van der Waals surface area contributed by atoms with Gasteiger partial charge in [0.25, 0.3) is 0 Å². The van der Waals surface area contributed by atoms with Crippen LogP contribution >= 0.6 is 0 Å². The van der Waals surface area contributed by atoms with Crippen molar-refractivity contribution in [1.82, 2.24) is 10.6 Å². The predicted octanol–water partition coefficient (Wildman–Crippen LogP) is 2.16. The summed E-state index contributed by atoms with van der Waals surface area (Å²) in [6, 6.07) is 0. The molecule has 1 aliphatic heterocycles. The largest absolute Gasteiger partial charge is 0.381 e. The molecule has 0 aromatic heterocycles. The van der Waals surface area contributed by atoms with Crippen molar-refractivity contribution in [1.29, 1.82) is 0 Å². The van der Waals surface area contributed by atoms with Crippen molar-refractivity contribution >= 4 is 5.96 Å². The first kappa shape index (κ1) is 14.6. The summed E-state index contributed by atoms with van der Waals surface area (Å²) in [5.74, 6) is 1.62. The molecule has 0 aromatic carbocycles. The van der Waals surface area contributed by atoms with E-state index in [0.29, 0.717) is 11.3 Å². The fourth-order valence-electron chi connectivity index (χ4n) is 2.98. The smallest absolute Gasteiger partial charge is 0.191 e. The van der Waals surface area contributed by atoms with Gasteiger partial charge in [-0.3, -0.25) is 4.99 Å². The Morgan fingerprint density at radius 1 is 1.32 bits per heavy atom. The van der Waals surface area contributed by atoms with Crippen LogP contribution in [0.3, 0.4) is 0 Å². The van der Waals surface area contributed by atoms with E-state index >= 15 is 0 Å². The van der Waals surface area contributed by atoms with Crippen LogP contribution < -0.4 is 10.6 Å². The van der Waals surface area contributed by atoms with E-state index in [9.17, 15) is 0 Å². The number of guanidine groups is 1. The van der Waals surface area contributed by atoms with Gasteiger partial charge >= 0.3 is 0 Å². The molecule has 2 aliphatic rings. The molecule has 1 heterocycles. The Morgan fingerprint density at radius 3 is 2.74 bits per heavy atom. The predicted molar refractivity (Wildman–Crippen MR) is 79.5 cm³/mol. The zero-order valence-corrected chi connectivity index (χ0v) is 12.5. The molecular weight excluding hydrogens is 238 g/mol. The van der Waals surface area contributed by atoms with Crippen LogP contribution in [0.25, 0.3) is 0 Å². The van der Waals surface area contributed by atoms with Crippen LogP contribution in [0, 0.1) is 11.3 Å². The standard InChI is InChI=1S/C15H29N3O/c1-3-16-14(17-10-13-6-9-19-11-13)18-12-15(2)7-4-5-8-15/h13H,3-12H2,1-2H3,(H2,16,17,18). The van der Waals surface area contributed by atoms with Gasteiger partial charge in [0.05, 0.1) is 6.61 Å². The Labute approximate surface area is 117 Å². The molecule has 1 saturated carbocycles. The lowest BCUT2D eigenvalue weighted by atomic mass is 9.89. The summed E-state index contributed by atoms with van der Waals surface area (Å²) >= 11 is 0. The van der Waals surface area contributed by atoms with Crippen molar-refractivity contribution in [3.05, 3.63) is 0 Å². The van der Waals surface area contributed by atoms with E-state index in [2.05, 4.69) is 24.5 Å². The fourth-order valence-corrected chi connectivity index (χ4v) is 2.98. The van der Waals surface area contributed by atoms with Crippen LogP contribution in [-0.4, -0.2) is 38.8 Å². The average Bonchev–Trinajstić information content (AvgIpc) is 3.05. The lowest BCUT2D eigenvalue weighted by molar-refractivity contribution is 0.186. The van der Waals surface area contributed by atoms with Gasteiger partial charge in [-0.2, -0.15) is 0 Å². The quantitative estimate of drug-likeness (QED) is 0.593. The molecule has 0 spiro atoms.